The molecule has 1 aliphatic carbocycles. The minimum Gasteiger partial charge on any atom is -0.388 e. The molecule has 100 valence electrons. The molecule has 0 spiro atoms. The summed E-state index contributed by atoms with van der Waals surface area (Å²) in [5, 5.41) is 10.1. The highest BCUT2D eigenvalue weighted by atomic mass is 16.3. The van der Waals surface area contributed by atoms with Crippen LogP contribution in [0.3, 0.4) is 0 Å². The largest absolute Gasteiger partial charge is 0.388 e. The molecule has 2 aromatic rings. The highest BCUT2D eigenvalue weighted by molar-refractivity contribution is 5.30. The Bertz CT molecular complexity index is 581. The van der Waals surface area contributed by atoms with Crippen LogP contribution in [0, 0.1) is 19.8 Å². The van der Waals surface area contributed by atoms with E-state index in [1.54, 1.807) is 0 Å². The van der Waals surface area contributed by atoms with Crippen molar-refractivity contribution in [2.45, 2.75) is 39.3 Å². The van der Waals surface area contributed by atoms with Crippen LogP contribution in [0.1, 0.15) is 41.2 Å². The van der Waals surface area contributed by atoms with Crippen molar-refractivity contribution in [2.75, 3.05) is 0 Å². The Morgan fingerprint density at radius 3 is 2.68 bits per heavy atom. The Morgan fingerprint density at radius 2 is 2.00 bits per heavy atom. The lowest BCUT2D eigenvalue weighted by Gasteiger charge is -2.08. The molecular weight excluding hydrogens is 234 g/mol. The normalized spacial score (nSPS) is 16.6. The average Bonchev–Trinajstić information content (AvgIpc) is 3.14. The van der Waals surface area contributed by atoms with E-state index in [0.29, 0.717) is 5.92 Å². The van der Waals surface area contributed by atoms with E-state index in [-0.39, 0.29) is 6.10 Å². The molecule has 0 aliphatic heterocycles. The molecule has 1 heterocycles. The highest BCUT2D eigenvalue weighted by Gasteiger charge is 2.31. The van der Waals surface area contributed by atoms with Gasteiger partial charge in [-0.25, -0.2) is 0 Å². The number of aryl methyl sites for hydroxylation is 2. The van der Waals surface area contributed by atoms with Gasteiger partial charge in [0, 0.05) is 18.9 Å². The predicted octanol–water partition coefficient (Wildman–Crippen LogP) is 3.60. The number of aliphatic hydroxyl groups is 1. The highest BCUT2D eigenvalue weighted by Crippen LogP contribution is 2.40. The number of aromatic nitrogens is 1. The lowest BCUT2D eigenvalue weighted by atomic mass is 10.1. The van der Waals surface area contributed by atoms with Crippen molar-refractivity contribution in [1.29, 1.82) is 0 Å². The molecule has 2 nitrogen and oxygen atoms in total. The monoisotopic (exact) mass is 255 g/mol. The van der Waals surface area contributed by atoms with Crippen LogP contribution in [0.25, 0.3) is 0 Å². The molecule has 1 aromatic carbocycles. The minimum absolute atomic E-state index is 0.263. The van der Waals surface area contributed by atoms with Crippen LogP contribution in [-0.4, -0.2) is 9.67 Å². The van der Waals surface area contributed by atoms with Gasteiger partial charge in [0.15, 0.2) is 0 Å². The second kappa shape index (κ2) is 4.86. The number of rotatable bonds is 4. The molecule has 0 saturated heterocycles. The Hall–Kier alpha value is -1.54. The molecule has 19 heavy (non-hydrogen) atoms. The van der Waals surface area contributed by atoms with Gasteiger partial charge >= 0.3 is 0 Å². The first-order valence-electron chi connectivity index (χ1n) is 7.03. The van der Waals surface area contributed by atoms with Gasteiger partial charge in [0.1, 0.15) is 0 Å². The summed E-state index contributed by atoms with van der Waals surface area (Å²) in [6.45, 7) is 5.16. The van der Waals surface area contributed by atoms with Crippen molar-refractivity contribution in [2.24, 2.45) is 5.92 Å². The van der Waals surface area contributed by atoms with E-state index in [1.165, 1.54) is 29.5 Å². The smallest absolute Gasteiger partial charge is 0.0832 e. The van der Waals surface area contributed by atoms with Crippen molar-refractivity contribution in [3.05, 3.63) is 58.9 Å². The number of benzene rings is 1. The summed E-state index contributed by atoms with van der Waals surface area (Å²) in [6, 6.07) is 8.64. The van der Waals surface area contributed by atoms with Crippen LogP contribution in [0.15, 0.2) is 36.7 Å². The standard InChI is InChI=1S/C17H21NO/c1-12-3-4-14(9-13(12)2)10-18-8-7-16(11-18)17(19)15-5-6-15/h3-4,7-9,11,15,17,19H,5-6,10H2,1-2H3. The molecule has 1 aliphatic rings. The summed E-state index contributed by atoms with van der Waals surface area (Å²) in [7, 11) is 0. The second-order valence-corrected chi connectivity index (χ2v) is 5.82. The Morgan fingerprint density at radius 1 is 1.21 bits per heavy atom. The van der Waals surface area contributed by atoms with Crippen LogP contribution in [0.2, 0.25) is 0 Å². The lowest BCUT2D eigenvalue weighted by Crippen LogP contribution is -2.00. The second-order valence-electron chi connectivity index (χ2n) is 5.82. The molecule has 0 amide bonds. The third kappa shape index (κ3) is 2.74. The van der Waals surface area contributed by atoms with Crippen LogP contribution < -0.4 is 0 Å². The zero-order chi connectivity index (χ0) is 13.4. The van der Waals surface area contributed by atoms with Gasteiger partial charge in [-0.1, -0.05) is 18.2 Å². The predicted molar refractivity (Wildman–Crippen MR) is 77.1 cm³/mol. The average molecular weight is 255 g/mol. The van der Waals surface area contributed by atoms with Gasteiger partial charge in [-0.05, 0) is 60.9 Å². The van der Waals surface area contributed by atoms with Crippen LogP contribution >= 0.6 is 0 Å². The fourth-order valence-corrected chi connectivity index (χ4v) is 2.53. The van der Waals surface area contributed by atoms with Gasteiger partial charge in [-0.15, -0.1) is 0 Å². The van der Waals surface area contributed by atoms with Crippen molar-refractivity contribution >= 4 is 0 Å². The molecule has 3 rings (SSSR count). The van der Waals surface area contributed by atoms with Gasteiger partial charge in [-0.3, -0.25) is 0 Å². The van der Waals surface area contributed by atoms with E-state index in [0.717, 1.165) is 12.1 Å². The zero-order valence-electron chi connectivity index (χ0n) is 11.6. The van der Waals surface area contributed by atoms with E-state index in [1.807, 2.05) is 6.07 Å². The maximum absolute atomic E-state index is 10.1. The maximum Gasteiger partial charge on any atom is 0.0832 e. The lowest BCUT2D eigenvalue weighted by molar-refractivity contribution is 0.154. The van der Waals surface area contributed by atoms with Crippen molar-refractivity contribution in [3.63, 3.8) is 0 Å². The van der Waals surface area contributed by atoms with E-state index in [2.05, 4.69) is 49.0 Å². The quantitative estimate of drug-likeness (QED) is 0.887. The maximum atomic E-state index is 10.1. The van der Waals surface area contributed by atoms with Crippen molar-refractivity contribution in [1.82, 2.24) is 4.57 Å². The zero-order valence-corrected chi connectivity index (χ0v) is 11.6. The van der Waals surface area contributed by atoms with Crippen molar-refractivity contribution < 1.29 is 5.11 Å². The number of aliphatic hydroxyl groups excluding tert-OH is 1. The number of hydrogen-bond donors (Lipinski definition) is 1. The van der Waals surface area contributed by atoms with Gasteiger partial charge < -0.3 is 9.67 Å². The van der Waals surface area contributed by atoms with E-state index in [9.17, 15) is 5.11 Å². The molecule has 1 fully saturated rings. The third-order valence-electron chi connectivity index (χ3n) is 4.12. The molecule has 1 saturated carbocycles. The molecule has 0 bridgehead atoms. The Balaban J connectivity index is 1.74. The van der Waals surface area contributed by atoms with E-state index in [4.69, 9.17) is 0 Å². The van der Waals surface area contributed by atoms with Crippen LogP contribution in [0.4, 0.5) is 0 Å². The first kappa shape index (κ1) is 12.5. The topological polar surface area (TPSA) is 25.2 Å². The van der Waals surface area contributed by atoms with E-state index < -0.39 is 0 Å². The number of nitrogens with zero attached hydrogens (tertiary/aromatic N) is 1. The van der Waals surface area contributed by atoms with Gasteiger partial charge in [0.25, 0.3) is 0 Å². The number of hydrogen-bond acceptors (Lipinski definition) is 1. The fourth-order valence-electron chi connectivity index (χ4n) is 2.53. The molecule has 1 atom stereocenters. The van der Waals surface area contributed by atoms with Crippen molar-refractivity contribution in [3.8, 4) is 0 Å². The third-order valence-corrected chi connectivity index (χ3v) is 4.12. The summed E-state index contributed by atoms with van der Waals surface area (Å²) >= 11 is 0. The van der Waals surface area contributed by atoms with E-state index >= 15 is 0 Å². The first-order valence-corrected chi connectivity index (χ1v) is 7.03. The minimum atomic E-state index is -0.263. The molecular formula is C17H21NO. The molecule has 2 heteroatoms. The SMILES string of the molecule is Cc1ccc(Cn2ccc(C(O)C3CC3)c2)cc1C. The first-order chi connectivity index (χ1) is 9.13. The summed E-state index contributed by atoms with van der Waals surface area (Å²) in [5.74, 6) is 0.498. The van der Waals surface area contributed by atoms with Gasteiger partial charge in [0.05, 0.1) is 6.10 Å². The fraction of sp³-hybridized carbons (Fsp3) is 0.412. The Labute approximate surface area is 114 Å². The van der Waals surface area contributed by atoms with Gasteiger partial charge in [-0.2, -0.15) is 0 Å². The van der Waals surface area contributed by atoms with Gasteiger partial charge in [0.2, 0.25) is 0 Å². The molecule has 1 aromatic heterocycles. The Kier molecular flexibility index (Phi) is 3.19. The summed E-state index contributed by atoms with van der Waals surface area (Å²) in [6.07, 6.45) is 6.22. The molecule has 0 radical (unpaired) electrons. The molecule has 1 unspecified atom stereocenters. The summed E-state index contributed by atoms with van der Waals surface area (Å²) in [4.78, 5) is 0. The summed E-state index contributed by atoms with van der Waals surface area (Å²) in [5.41, 5.74) is 5.04. The van der Waals surface area contributed by atoms with Crippen LogP contribution in [-0.2, 0) is 6.54 Å². The molecule has 1 N–H and O–H groups in total. The van der Waals surface area contributed by atoms with Crippen LogP contribution in [0.5, 0.6) is 0 Å². The summed E-state index contributed by atoms with van der Waals surface area (Å²) < 4.78 is 2.16.